The number of rotatable bonds is 22. The molecule has 0 radical (unpaired) electrons. The maximum absolute atomic E-state index is 11.4. The van der Waals surface area contributed by atoms with Crippen LogP contribution < -0.4 is 0 Å². The molecule has 0 aromatic heterocycles. The Hall–Kier alpha value is -0.530. The van der Waals surface area contributed by atoms with E-state index in [2.05, 4.69) is 13.8 Å². The highest BCUT2D eigenvalue weighted by atomic mass is 16.4. The summed E-state index contributed by atoms with van der Waals surface area (Å²) >= 11 is 0. The molecule has 1 N–H and O–H groups in total. The highest BCUT2D eigenvalue weighted by Gasteiger charge is 2.16. The van der Waals surface area contributed by atoms with E-state index in [0.717, 1.165) is 25.7 Å². The molecule has 0 fully saturated rings. The minimum absolute atomic E-state index is 0.0937. The molecule has 0 aromatic rings. The van der Waals surface area contributed by atoms with Crippen molar-refractivity contribution in [1.82, 2.24) is 0 Å². The Kier molecular flexibility index (Phi) is 21.3. The van der Waals surface area contributed by atoms with E-state index in [9.17, 15) is 9.90 Å². The zero-order valence-corrected chi connectivity index (χ0v) is 18.8. The van der Waals surface area contributed by atoms with Crippen LogP contribution in [0.5, 0.6) is 0 Å². The predicted molar refractivity (Wildman–Crippen MR) is 119 cm³/mol. The van der Waals surface area contributed by atoms with Gasteiger partial charge >= 0.3 is 5.97 Å². The number of carboxylic acid groups (broad SMARTS) is 1. The normalized spacial score (nSPS) is 12.4. The quantitative estimate of drug-likeness (QED) is 0.190. The first kappa shape index (κ1) is 26.5. The minimum atomic E-state index is -0.566. The second-order valence-corrected chi connectivity index (χ2v) is 8.62. The molecule has 2 heteroatoms. The number of hydrogen-bond donors (Lipinski definition) is 1. The Labute approximate surface area is 170 Å². The summed E-state index contributed by atoms with van der Waals surface area (Å²) in [6, 6.07) is 0. The largest absolute Gasteiger partial charge is 0.481 e. The van der Waals surface area contributed by atoms with Crippen molar-refractivity contribution in [2.75, 3.05) is 0 Å². The van der Waals surface area contributed by atoms with Crippen LogP contribution in [0.15, 0.2) is 0 Å². The Bertz CT molecular complexity index is 301. The van der Waals surface area contributed by atoms with E-state index < -0.39 is 5.97 Å². The van der Waals surface area contributed by atoms with Gasteiger partial charge in [-0.15, -0.1) is 0 Å². The van der Waals surface area contributed by atoms with Gasteiger partial charge in [0.2, 0.25) is 0 Å². The van der Waals surface area contributed by atoms with Crippen molar-refractivity contribution in [2.45, 2.75) is 149 Å². The molecule has 2 nitrogen and oxygen atoms in total. The highest BCUT2D eigenvalue weighted by molar-refractivity contribution is 5.69. The van der Waals surface area contributed by atoms with Crippen molar-refractivity contribution in [2.24, 2.45) is 5.92 Å². The lowest BCUT2D eigenvalue weighted by Gasteiger charge is -2.12. The molecule has 0 spiro atoms. The summed E-state index contributed by atoms with van der Waals surface area (Å²) in [6.45, 7) is 4.52. The van der Waals surface area contributed by atoms with E-state index in [4.69, 9.17) is 0 Å². The van der Waals surface area contributed by atoms with Crippen molar-refractivity contribution < 1.29 is 9.90 Å². The van der Waals surface area contributed by atoms with Gasteiger partial charge in [-0.3, -0.25) is 4.79 Å². The van der Waals surface area contributed by atoms with Gasteiger partial charge in [0.1, 0.15) is 0 Å². The van der Waals surface area contributed by atoms with Crippen molar-refractivity contribution in [3.63, 3.8) is 0 Å². The summed E-state index contributed by atoms with van der Waals surface area (Å²) in [5, 5.41) is 9.42. The minimum Gasteiger partial charge on any atom is -0.481 e. The number of hydrogen-bond acceptors (Lipinski definition) is 1. The Morgan fingerprint density at radius 2 is 0.778 bits per heavy atom. The summed E-state index contributed by atoms with van der Waals surface area (Å²) in [5.41, 5.74) is 0. The van der Waals surface area contributed by atoms with E-state index in [1.54, 1.807) is 0 Å². The summed E-state index contributed by atoms with van der Waals surface area (Å²) in [6.07, 6.45) is 26.8. The van der Waals surface area contributed by atoms with Gasteiger partial charge in [0.25, 0.3) is 0 Å². The number of carbonyl (C=O) groups is 1. The third-order valence-electron chi connectivity index (χ3n) is 5.91. The molecule has 0 saturated carbocycles. The van der Waals surface area contributed by atoms with Gasteiger partial charge in [-0.1, -0.05) is 136 Å². The van der Waals surface area contributed by atoms with Gasteiger partial charge in [-0.25, -0.2) is 0 Å². The molecule has 0 rings (SSSR count). The third kappa shape index (κ3) is 20.0. The molecule has 1 atom stereocenters. The molecule has 0 aliphatic carbocycles. The van der Waals surface area contributed by atoms with Gasteiger partial charge in [0.05, 0.1) is 5.92 Å². The van der Waals surface area contributed by atoms with E-state index >= 15 is 0 Å². The van der Waals surface area contributed by atoms with Crippen molar-refractivity contribution in [1.29, 1.82) is 0 Å². The predicted octanol–water partition coefficient (Wildman–Crippen LogP) is 8.92. The molecule has 0 aliphatic rings. The van der Waals surface area contributed by atoms with E-state index in [0.29, 0.717) is 0 Å². The zero-order chi connectivity index (χ0) is 20.0. The molecular weight excluding hydrogens is 332 g/mol. The summed E-state index contributed by atoms with van der Waals surface area (Å²) < 4.78 is 0. The lowest BCUT2D eigenvalue weighted by atomic mass is 9.94. The van der Waals surface area contributed by atoms with Crippen molar-refractivity contribution in [3.05, 3.63) is 0 Å². The molecule has 1 unspecified atom stereocenters. The molecular formula is C25H50O2. The maximum Gasteiger partial charge on any atom is 0.306 e. The van der Waals surface area contributed by atoms with Crippen LogP contribution in [-0.2, 0) is 4.79 Å². The monoisotopic (exact) mass is 382 g/mol. The van der Waals surface area contributed by atoms with Crippen molar-refractivity contribution in [3.8, 4) is 0 Å². The molecule has 0 amide bonds. The standard InChI is InChI=1S/C25H50O2/c1-3-5-7-9-11-12-13-14-15-17-19-21-23-24(25(26)27)22-20-18-16-10-8-6-4-2/h24H,3-23H2,1-2H3,(H,26,27). The Morgan fingerprint density at radius 1 is 0.519 bits per heavy atom. The van der Waals surface area contributed by atoms with Crippen LogP contribution in [0.1, 0.15) is 149 Å². The number of carboxylic acids is 1. The van der Waals surface area contributed by atoms with E-state index in [1.165, 1.54) is 109 Å². The number of unbranched alkanes of at least 4 members (excludes halogenated alkanes) is 17. The molecule has 0 heterocycles. The summed E-state index contributed by atoms with van der Waals surface area (Å²) in [7, 11) is 0. The highest BCUT2D eigenvalue weighted by Crippen LogP contribution is 2.20. The van der Waals surface area contributed by atoms with Gasteiger partial charge in [-0.05, 0) is 12.8 Å². The van der Waals surface area contributed by atoms with Crippen LogP contribution in [0.2, 0.25) is 0 Å². The van der Waals surface area contributed by atoms with Gasteiger partial charge < -0.3 is 5.11 Å². The third-order valence-corrected chi connectivity index (χ3v) is 5.91. The fraction of sp³-hybridized carbons (Fsp3) is 0.960. The Balaban J connectivity index is 3.43. The fourth-order valence-corrected chi connectivity index (χ4v) is 3.97. The molecule has 27 heavy (non-hydrogen) atoms. The van der Waals surface area contributed by atoms with E-state index in [-0.39, 0.29) is 5.92 Å². The smallest absolute Gasteiger partial charge is 0.306 e. The first-order valence-electron chi connectivity index (χ1n) is 12.4. The molecule has 0 aromatic carbocycles. The van der Waals surface area contributed by atoms with E-state index in [1.807, 2.05) is 0 Å². The van der Waals surface area contributed by atoms with Gasteiger partial charge in [0.15, 0.2) is 0 Å². The van der Waals surface area contributed by atoms with Crippen LogP contribution in [0.3, 0.4) is 0 Å². The fourth-order valence-electron chi connectivity index (χ4n) is 3.97. The molecule has 0 bridgehead atoms. The first-order valence-corrected chi connectivity index (χ1v) is 12.4. The van der Waals surface area contributed by atoms with Crippen LogP contribution in [0.4, 0.5) is 0 Å². The SMILES string of the molecule is CCCCCCCCCCCCCCC(CCCCCCCCC)C(=O)O. The lowest BCUT2D eigenvalue weighted by molar-refractivity contribution is -0.142. The number of aliphatic carboxylic acids is 1. The zero-order valence-electron chi connectivity index (χ0n) is 18.8. The van der Waals surface area contributed by atoms with Gasteiger partial charge in [-0.2, -0.15) is 0 Å². The molecule has 0 saturated heterocycles. The molecule has 162 valence electrons. The average Bonchev–Trinajstić information content (AvgIpc) is 2.66. The average molecular weight is 383 g/mol. The topological polar surface area (TPSA) is 37.3 Å². The second-order valence-electron chi connectivity index (χ2n) is 8.62. The molecule has 0 aliphatic heterocycles. The lowest BCUT2D eigenvalue weighted by Crippen LogP contribution is -2.13. The van der Waals surface area contributed by atoms with Crippen LogP contribution in [0.25, 0.3) is 0 Å². The maximum atomic E-state index is 11.4. The summed E-state index contributed by atoms with van der Waals surface area (Å²) in [4.78, 5) is 11.4. The van der Waals surface area contributed by atoms with Gasteiger partial charge in [0, 0.05) is 0 Å². The second kappa shape index (κ2) is 21.8. The summed E-state index contributed by atoms with van der Waals surface area (Å²) in [5.74, 6) is -0.659. The van der Waals surface area contributed by atoms with Crippen LogP contribution in [-0.4, -0.2) is 11.1 Å². The Morgan fingerprint density at radius 3 is 1.04 bits per heavy atom. The van der Waals surface area contributed by atoms with Crippen LogP contribution in [0, 0.1) is 5.92 Å². The first-order chi connectivity index (χ1) is 13.2. The van der Waals surface area contributed by atoms with Crippen LogP contribution >= 0.6 is 0 Å². The van der Waals surface area contributed by atoms with Crippen molar-refractivity contribution >= 4 is 5.97 Å².